The molecule has 0 unspecified atom stereocenters. The molecule has 0 atom stereocenters. The van der Waals surface area contributed by atoms with Gasteiger partial charge in [0.2, 0.25) is 11.8 Å². The number of anilines is 1. The summed E-state index contributed by atoms with van der Waals surface area (Å²) in [6, 6.07) is 14.0. The summed E-state index contributed by atoms with van der Waals surface area (Å²) >= 11 is 0. The molecule has 0 bridgehead atoms. The fourth-order valence-corrected chi connectivity index (χ4v) is 3.58. The predicted molar refractivity (Wildman–Crippen MR) is 117 cm³/mol. The quantitative estimate of drug-likeness (QED) is 0.515. The molecule has 2 amide bonds. The number of nitrogens with two attached hydrogens (primary N) is 1. The van der Waals surface area contributed by atoms with E-state index >= 15 is 0 Å². The molecule has 6 nitrogen and oxygen atoms in total. The number of nitrogens with one attached hydrogen (secondary N) is 2. The zero-order chi connectivity index (χ0) is 21.0. The van der Waals surface area contributed by atoms with Crippen LogP contribution in [0.2, 0.25) is 0 Å². The summed E-state index contributed by atoms with van der Waals surface area (Å²) in [6.45, 7) is 7.32. The van der Waals surface area contributed by atoms with Crippen LogP contribution in [0.25, 0.3) is 10.9 Å². The largest absolute Gasteiger partial charge is 0.368 e. The average Bonchev–Trinajstić information content (AvgIpc) is 2.93. The Morgan fingerprint density at radius 1 is 1.07 bits per heavy atom. The molecular weight excluding hydrogens is 364 g/mol. The van der Waals surface area contributed by atoms with Crippen molar-refractivity contribution in [3.8, 4) is 0 Å². The van der Waals surface area contributed by atoms with E-state index in [2.05, 4.69) is 10.6 Å². The number of aryl methyl sites for hydroxylation is 2. The lowest BCUT2D eigenvalue weighted by Gasteiger charge is -2.10. The van der Waals surface area contributed by atoms with E-state index in [1.807, 2.05) is 67.8 Å². The van der Waals surface area contributed by atoms with Crippen LogP contribution < -0.4 is 16.4 Å². The maximum absolute atomic E-state index is 12.3. The van der Waals surface area contributed by atoms with Crippen LogP contribution in [0.3, 0.4) is 0 Å². The first-order valence-corrected chi connectivity index (χ1v) is 9.79. The van der Waals surface area contributed by atoms with Crippen molar-refractivity contribution in [1.82, 2.24) is 9.88 Å². The van der Waals surface area contributed by atoms with E-state index in [4.69, 9.17) is 5.73 Å². The van der Waals surface area contributed by atoms with Gasteiger partial charge in [0, 0.05) is 41.8 Å². The van der Waals surface area contributed by atoms with Crippen molar-refractivity contribution in [1.29, 1.82) is 0 Å². The fourth-order valence-electron chi connectivity index (χ4n) is 3.58. The Hall–Kier alpha value is -3.12. The first-order chi connectivity index (χ1) is 13.9. The number of fused-ring (bicyclic) bond motifs is 1. The molecule has 0 aliphatic rings. The molecule has 0 radical (unpaired) electrons. The lowest BCUT2D eigenvalue weighted by Crippen LogP contribution is -2.22. The lowest BCUT2D eigenvalue weighted by atomic mass is 10.1. The number of carbonyl (C=O) groups excluding carboxylic acids is 2. The minimum atomic E-state index is -0.364. The van der Waals surface area contributed by atoms with Crippen molar-refractivity contribution in [3.05, 3.63) is 64.8 Å². The molecule has 0 saturated carbocycles. The highest BCUT2D eigenvalue weighted by atomic mass is 16.2. The van der Waals surface area contributed by atoms with Crippen LogP contribution >= 0.6 is 0 Å². The van der Waals surface area contributed by atoms with E-state index in [-0.39, 0.29) is 18.4 Å². The van der Waals surface area contributed by atoms with E-state index in [1.165, 1.54) is 0 Å². The molecule has 0 saturated heterocycles. The summed E-state index contributed by atoms with van der Waals surface area (Å²) in [5.74, 6) is -0.379. The van der Waals surface area contributed by atoms with Crippen molar-refractivity contribution in [2.75, 3.05) is 11.9 Å². The molecule has 1 heterocycles. The number of rotatable bonds is 8. The summed E-state index contributed by atoms with van der Waals surface area (Å²) in [4.78, 5) is 23.7. The van der Waals surface area contributed by atoms with Crippen LogP contribution in [0.15, 0.2) is 42.5 Å². The van der Waals surface area contributed by atoms with E-state index < -0.39 is 0 Å². The molecule has 3 aromatic rings. The third-order valence-corrected chi connectivity index (χ3v) is 5.17. The van der Waals surface area contributed by atoms with Crippen LogP contribution in [0.5, 0.6) is 0 Å². The highest BCUT2D eigenvalue weighted by molar-refractivity contribution is 5.91. The Morgan fingerprint density at radius 3 is 2.59 bits per heavy atom. The summed E-state index contributed by atoms with van der Waals surface area (Å²) in [7, 11) is 0. The third kappa shape index (κ3) is 4.84. The Labute approximate surface area is 171 Å². The fraction of sp³-hybridized carbons (Fsp3) is 0.304. The van der Waals surface area contributed by atoms with Gasteiger partial charge in [-0.3, -0.25) is 9.59 Å². The number of para-hydroxylation sites is 1. The Kier molecular flexibility index (Phi) is 6.34. The van der Waals surface area contributed by atoms with Crippen LogP contribution in [0, 0.1) is 20.8 Å². The number of hydrogen-bond acceptors (Lipinski definition) is 3. The van der Waals surface area contributed by atoms with Crippen LogP contribution in [0.4, 0.5) is 5.69 Å². The Bertz CT molecular complexity index is 1050. The number of nitrogens with zero attached hydrogens (tertiary/aromatic N) is 1. The normalized spacial score (nSPS) is 11.0. The minimum absolute atomic E-state index is 0.0147. The molecule has 4 N–H and O–H groups in total. The summed E-state index contributed by atoms with van der Waals surface area (Å²) < 4.78 is 1.95. The van der Waals surface area contributed by atoms with Gasteiger partial charge in [-0.2, -0.15) is 0 Å². The second kappa shape index (κ2) is 8.92. The zero-order valence-electron chi connectivity index (χ0n) is 17.2. The highest BCUT2D eigenvalue weighted by Crippen LogP contribution is 2.25. The molecule has 2 aromatic carbocycles. The van der Waals surface area contributed by atoms with E-state index in [0.29, 0.717) is 19.5 Å². The molecule has 152 valence electrons. The van der Waals surface area contributed by atoms with Crippen LogP contribution in [-0.4, -0.2) is 22.9 Å². The van der Waals surface area contributed by atoms with Gasteiger partial charge >= 0.3 is 0 Å². The van der Waals surface area contributed by atoms with Gasteiger partial charge in [0.15, 0.2) is 0 Å². The van der Waals surface area contributed by atoms with Gasteiger partial charge in [0.1, 0.15) is 6.54 Å². The first-order valence-electron chi connectivity index (χ1n) is 9.79. The minimum Gasteiger partial charge on any atom is -0.368 e. The van der Waals surface area contributed by atoms with Crippen molar-refractivity contribution < 1.29 is 9.59 Å². The maximum atomic E-state index is 12.3. The Balaban J connectivity index is 1.61. The second-order valence-corrected chi connectivity index (χ2v) is 7.43. The van der Waals surface area contributed by atoms with Gasteiger partial charge in [-0.25, -0.2) is 0 Å². The van der Waals surface area contributed by atoms with Gasteiger partial charge in [-0.05, 0) is 49.6 Å². The number of primary amides is 1. The van der Waals surface area contributed by atoms with E-state index in [9.17, 15) is 9.59 Å². The monoisotopic (exact) mass is 392 g/mol. The molecule has 1 aromatic heterocycles. The third-order valence-electron chi connectivity index (χ3n) is 5.17. The van der Waals surface area contributed by atoms with Gasteiger partial charge in [0.05, 0.1) is 0 Å². The highest BCUT2D eigenvalue weighted by Gasteiger charge is 2.14. The summed E-state index contributed by atoms with van der Waals surface area (Å²) in [6.07, 6.45) is 0.381. The molecule has 0 fully saturated rings. The SMILES string of the molecule is Cc1ccc(C)c(NC(=O)CCNCc2c(C)n(CC(N)=O)c3ccccc23)c1. The average molecular weight is 393 g/mol. The van der Waals surface area contributed by atoms with E-state index in [1.54, 1.807) is 0 Å². The van der Waals surface area contributed by atoms with Crippen molar-refractivity contribution in [2.45, 2.75) is 40.3 Å². The molecule has 29 heavy (non-hydrogen) atoms. The molecule has 0 aliphatic heterocycles. The number of hydrogen-bond donors (Lipinski definition) is 3. The molecule has 0 spiro atoms. The van der Waals surface area contributed by atoms with Crippen LogP contribution in [-0.2, 0) is 22.7 Å². The van der Waals surface area contributed by atoms with Gasteiger partial charge < -0.3 is 20.9 Å². The lowest BCUT2D eigenvalue weighted by molar-refractivity contribution is -0.118. The predicted octanol–water partition coefficient (Wildman–Crippen LogP) is 3.17. The second-order valence-electron chi connectivity index (χ2n) is 7.43. The number of aromatic nitrogens is 1. The Morgan fingerprint density at radius 2 is 1.83 bits per heavy atom. The topological polar surface area (TPSA) is 89.2 Å². The molecule has 3 rings (SSSR count). The summed E-state index contributed by atoms with van der Waals surface area (Å²) in [5.41, 5.74) is 11.6. The van der Waals surface area contributed by atoms with Gasteiger partial charge in [-0.1, -0.05) is 30.3 Å². The number of carbonyl (C=O) groups is 2. The smallest absolute Gasteiger partial charge is 0.237 e. The summed E-state index contributed by atoms with van der Waals surface area (Å²) in [5, 5.41) is 7.43. The zero-order valence-corrected chi connectivity index (χ0v) is 17.2. The van der Waals surface area contributed by atoms with E-state index in [0.717, 1.165) is 39.0 Å². The van der Waals surface area contributed by atoms with Crippen molar-refractivity contribution in [2.24, 2.45) is 5.73 Å². The van der Waals surface area contributed by atoms with Gasteiger partial charge in [-0.15, -0.1) is 0 Å². The molecule has 6 heteroatoms. The molecule has 0 aliphatic carbocycles. The van der Waals surface area contributed by atoms with Crippen LogP contribution in [0.1, 0.15) is 28.8 Å². The van der Waals surface area contributed by atoms with Crippen molar-refractivity contribution in [3.63, 3.8) is 0 Å². The molecular formula is C23H28N4O2. The number of amides is 2. The maximum Gasteiger partial charge on any atom is 0.237 e. The van der Waals surface area contributed by atoms with Crippen molar-refractivity contribution >= 4 is 28.4 Å². The van der Waals surface area contributed by atoms with Gasteiger partial charge in [0.25, 0.3) is 0 Å². The standard InChI is InChI=1S/C23H28N4O2/c1-15-8-9-16(2)20(12-15)26-23(29)10-11-25-13-19-17(3)27(14-22(24)28)21-7-5-4-6-18(19)21/h4-9,12,25H,10-11,13-14H2,1-3H3,(H2,24,28)(H,26,29). The first kappa shape index (κ1) is 20.6. The number of benzene rings is 2.